The molecule has 6 heteroatoms. The molecule has 1 rings (SSSR count). The molecule has 0 saturated heterocycles. The number of hydrogen-bond acceptors (Lipinski definition) is 4. The molecule has 0 amide bonds. The third-order valence-corrected chi connectivity index (χ3v) is 0.804. The van der Waals surface area contributed by atoms with E-state index in [1.54, 1.807) is 0 Å². The second-order valence-electron chi connectivity index (χ2n) is 1.45. The monoisotopic (exact) mass is 146 g/mol. The third-order valence-electron chi connectivity index (χ3n) is 0.804. The van der Waals surface area contributed by atoms with E-state index in [0.29, 0.717) is 0 Å². The quantitative estimate of drug-likeness (QED) is 0.614. The Morgan fingerprint density at radius 3 is 2.00 bits per heavy atom. The lowest BCUT2D eigenvalue weighted by molar-refractivity contribution is 0.457. The number of halogens is 2. The number of hydrogen-bond donors (Lipinski definition) is 1. The Balaban J connectivity index is 3.06. The summed E-state index contributed by atoms with van der Waals surface area (Å²) in [5.74, 6) is -0.120. The van der Waals surface area contributed by atoms with Crippen LogP contribution in [0.15, 0.2) is 0 Å². The minimum Gasteiger partial charge on any atom is -0.357 e. The zero-order chi connectivity index (χ0) is 7.56. The largest absolute Gasteiger partial charge is 0.357 e. The van der Waals surface area contributed by atoms with Crippen LogP contribution in [0, 0.1) is 12.2 Å². The summed E-state index contributed by atoms with van der Waals surface area (Å²) >= 11 is 0. The molecule has 0 unspecified atom stereocenters. The molecule has 4 nitrogen and oxygen atoms in total. The maximum absolute atomic E-state index is 12.1. The molecular formula is C4H4F2N4. The lowest BCUT2D eigenvalue weighted by atomic mass is 10.9. The van der Waals surface area contributed by atoms with Crippen molar-refractivity contribution in [2.75, 3.05) is 12.4 Å². The van der Waals surface area contributed by atoms with Crippen LogP contribution >= 0.6 is 0 Å². The van der Waals surface area contributed by atoms with Crippen molar-refractivity contribution in [1.29, 1.82) is 0 Å². The van der Waals surface area contributed by atoms with E-state index < -0.39 is 12.2 Å². The number of aromatic nitrogens is 3. The fourth-order valence-corrected chi connectivity index (χ4v) is 0.438. The Labute approximate surface area is 55.3 Å². The van der Waals surface area contributed by atoms with E-state index in [0.717, 1.165) is 0 Å². The fourth-order valence-electron chi connectivity index (χ4n) is 0.438. The molecule has 0 aliphatic rings. The highest BCUT2D eigenvalue weighted by atomic mass is 19.1. The molecule has 0 radical (unpaired) electrons. The summed E-state index contributed by atoms with van der Waals surface area (Å²) in [5.41, 5.74) is 0. The summed E-state index contributed by atoms with van der Waals surface area (Å²) in [7, 11) is 1.45. The number of anilines is 1. The summed E-state index contributed by atoms with van der Waals surface area (Å²) in [4.78, 5) is 8.91. The Morgan fingerprint density at radius 1 is 1.10 bits per heavy atom. The summed E-state index contributed by atoms with van der Waals surface area (Å²) < 4.78 is 24.1. The molecule has 0 spiro atoms. The molecule has 1 N–H and O–H groups in total. The van der Waals surface area contributed by atoms with E-state index in [9.17, 15) is 8.78 Å². The minimum absolute atomic E-state index is 0.120. The van der Waals surface area contributed by atoms with Crippen LogP contribution in [0.2, 0.25) is 0 Å². The van der Waals surface area contributed by atoms with Gasteiger partial charge >= 0.3 is 12.2 Å². The Morgan fingerprint density at radius 2 is 1.60 bits per heavy atom. The average molecular weight is 146 g/mol. The van der Waals surface area contributed by atoms with Gasteiger partial charge in [0, 0.05) is 7.05 Å². The molecule has 54 valence electrons. The molecule has 0 fully saturated rings. The molecular weight excluding hydrogens is 142 g/mol. The van der Waals surface area contributed by atoms with Gasteiger partial charge in [-0.3, -0.25) is 0 Å². The van der Waals surface area contributed by atoms with Crippen molar-refractivity contribution in [1.82, 2.24) is 15.0 Å². The number of nitrogens with zero attached hydrogens (tertiary/aromatic N) is 3. The van der Waals surface area contributed by atoms with Crippen LogP contribution < -0.4 is 5.32 Å². The molecule has 0 atom stereocenters. The normalized spacial score (nSPS) is 9.50. The van der Waals surface area contributed by atoms with E-state index in [1.165, 1.54) is 7.05 Å². The third kappa shape index (κ3) is 1.34. The first-order chi connectivity index (χ1) is 4.72. The van der Waals surface area contributed by atoms with Crippen LogP contribution in [0.3, 0.4) is 0 Å². The SMILES string of the molecule is CNc1nc(F)nc(F)n1. The van der Waals surface area contributed by atoms with Gasteiger partial charge in [0.15, 0.2) is 0 Å². The summed E-state index contributed by atoms with van der Waals surface area (Å²) in [6.45, 7) is 0. The first-order valence-electron chi connectivity index (χ1n) is 2.47. The van der Waals surface area contributed by atoms with Crippen LogP contribution in [0.25, 0.3) is 0 Å². The van der Waals surface area contributed by atoms with Gasteiger partial charge in [0.25, 0.3) is 0 Å². The van der Waals surface area contributed by atoms with E-state index in [2.05, 4.69) is 20.3 Å². The first-order valence-corrected chi connectivity index (χ1v) is 2.47. The molecule has 1 aromatic heterocycles. The molecule has 10 heavy (non-hydrogen) atoms. The predicted octanol–water partition coefficient (Wildman–Crippen LogP) is 0.191. The Bertz CT molecular complexity index is 218. The molecule has 0 aliphatic carbocycles. The van der Waals surface area contributed by atoms with Crippen molar-refractivity contribution in [2.24, 2.45) is 0 Å². The Hall–Kier alpha value is -1.33. The molecule has 0 bridgehead atoms. The smallest absolute Gasteiger partial charge is 0.315 e. The van der Waals surface area contributed by atoms with Crippen LogP contribution in [0.5, 0.6) is 0 Å². The van der Waals surface area contributed by atoms with Crippen molar-refractivity contribution in [3.05, 3.63) is 12.2 Å². The lowest BCUT2D eigenvalue weighted by Gasteiger charge is -1.94. The standard InChI is InChI=1S/C4H4F2N4/c1-7-4-9-2(5)8-3(6)10-4/h1H3,(H,7,8,9,10). The Kier molecular flexibility index (Phi) is 1.70. The van der Waals surface area contributed by atoms with Crippen LogP contribution in [0.4, 0.5) is 14.7 Å². The van der Waals surface area contributed by atoms with Gasteiger partial charge in [-0.05, 0) is 0 Å². The van der Waals surface area contributed by atoms with Gasteiger partial charge in [-0.25, -0.2) is 0 Å². The van der Waals surface area contributed by atoms with Crippen molar-refractivity contribution >= 4 is 5.95 Å². The van der Waals surface area contributed by atoms with Gasteiger partial charge in [0.1, 0.15) is 0 Å². The predicted molar refractivity (Wildman–Crippen MR) is 29.3 cm³/mol. The van der Waals surface area contributed by atoms with Crippen LogP contribution in [-0.2, 0) is 0 Å². The molecule has 1 heterocycles. The second-order valence-corrected chi connectivity index (χ2v) is 1.45. The highest BCUT2D eigenvalue weighted by Crippen LogP contribution is 1.96. The zero-order valence-electron chi connectivity index (χ0n) is 5.10. The summed E-state index contributed by atoms with van der Waals surface area (Å²) in [6.07, 6.45) is -2.26. The summed E-state index contributed by atoms with van der Waals surface area (Å²) in [6, 6.07) is 0. The number of rotatable bonds is 1. The average Bonchev–Trinajstić information content (AvgIpc) is 1.85. The van der Waals surface area contributed by atoms with Crippen molar-refractivity contribution in [2.45, 2.75) is 0 Å². The van der Waals surface area contributed by atoms with E-state index in [4.69, 9.17) is 0 Å². The number of nitrogens with one attached hydrogen (secondary N) is 1. The van der Waals surface area contributed by atoms with Gasteiger partial charge in [-0.1, -0.05) is 0 Å². The molecule has 0 aliphatic heterocycles. The van der Waals surface area contributed by atoms with E-state index >= 15 is 0 Å². The second kappa shape index (κ2) is 2.51. The van der Waals surface area contributed by atoms with Crippen molar-refractivity contribution in [3.63, 3.8) is 0 Å². The molecule has 0 saturated carbocycles. The van der Waals surface area contributed by atoms with Gasteiger partial charge in [-0.15, -0.1) is 0 Å². The van der Waals surface area contributed by atoms with Gasteiger partial charge in [0.05, 0.1) is 0 Å². The van der Waals surface area contributed by atoms with Gasteiger partial charge in [0.2, 0.25) is 5.95 Å². The molecule has 0 aromatic carbocycles. The van der Waals surface area contributed by atoms with Crippen molar-refractivity contribution < 1.29 is 8.78 Å². The first kappa shape index (κ1) is 6.79. The maximum atomic E-state index is 12.1. The van der Waals surface area contributed by atoms with Crippen LogP contribution in [0.1, 0.15) is 0 Å². The molecule has 1 aromatic rings. The fraction of sp³-hybridized carbons (Fsp3) is 0.250. The highest BCUT2D eigenvalue weighted by molar-refractivity contribution is 5.18. The highest BCUT2D eigenvalue weighted by Gasteiger charge is 2.01. The van der Waals surface area contributed by atoms with E-state index in [1.807, 2.05) is 0 Å². The topological polar surface area (TPSA) is 50.7 Å². The lowest BCUT2D eigenvalue weighted by Crippen LogP contribution is -2.03. The van der Waals surface area contributed by atoms with Gasteiger partial charge in [-0.2, -0.15) is 23.7 Å². The maximum Gasteiger partial charge on any atom is 0.315 e. The minimum atomic E-state index is -1.13. The zero-order valence-corrected chi connectivity index (χ0v) is 5.10. The summed E-state index contributed by atoms with van der Waals surface area (Å²) in [5, 5.41) is 2.37. The van der Waals surface area contributed by atoms with Crippen LogP contribution in [-0.4, -0.2) is 22.0 Å². The van der Waals surface area contributed by atoms with E-state index in [-0.39, 0.29) is 5.95 Å². The van der Waals surface area contributed by atoms with Crippen molar-refractivity contribution in [3.8, 4) is 0 Å². The van der Waals surface area contributed by atoms with Gasteiger partial charge < -0.3 is 5.32 Å².